The molecule has 0 aliphatic rings. The molecule has 3 rings (SSSR count). The van der Waals surface area contributed by atoms with Gasteiger partial charge in [-0.3, -0.25) is 4.72 Å². The SMILES string of the molecule is Cc1ccc(S(=O)(=O)Nc2ccc(Cl)cc2)c2ccccc12. The number of benzene rings is 3. The number of aryl methyl sites for hydroxylation is 1. The highest BCUT2D eigenvalue weighted by atomic mass is 35.5. The van der Waals surface area contributed by atoms with Crippen molar-refractivity contribution in [2.45, 2.75) is 11.8 Å². The minimum Gasteiger partial charge on any atom is -0.280 e. The lowest BCUT2D eigenvalue weighted by Crippen LogP contribution is -2.13. The molecule has 0 aliphatic carbocycles. The average molecular weight is 332 g/mol. The van der Waals surface area contributed by atoms with Crippen molar-refractivity contribution in [3.8, 4) is 0 Å². The molecule has 0 saturated heterocycles. The van der Waals surface area contributed by atoms with E-state index in [9.17, 15) is 8.42 Å². The number of rotatable bonds is 3. The Labute approximate surface area is 134 Å². The van der Waals surface area contributed by atoms with Gasteiger partial charge in [-0.1, -0.05) is 41.9 Å². The van der Waals surface area contributed by atoms with Gasteiger partial charge in [0, 0.05) is 16.1 Å². The normalized spacial score (nSPS) is 11.5. The molecule has 3 aromatic carbocycles. The maximum absolute atomic E-state index is 12.7. The van der Waals surface area contributed by atoms with E-state index in [0.29, 0.717) is 16.1 Å². The summed E-state index contributed by atoms with van der Waals surface area (Å²) in [5.74, 6) is 0. The van der Waals surface area contributed by atoms with Gasteiger partial charge in [0.15, 0.2) is 0 Å². The van der Waals surface area contributed by atoms with E-state index in [-0.39, 0.29) is 4.90 Å². The molecule has 0 spiro atoms. The number of halogens is 1. The minimum absolute atomic E-state index is 0.267. The van der Waals surface area contributed by atoms with Gasteiger partial charge in [-0.2, -0.15) is 0 Å². The molecular weight excluding hydrogens is 318 g/mol. The zero-order chi connectivity index (χ0) is 15.7. The molecule has 0 fully saturated rings. The summed E-state index contributed by atoms with van der Waals surface area (Å²) in [6.45, 7) is 1.96. The molecule has 3 nitrogen and oxygen atoms in total. The molecule has 0 radical (unpaired) electrons. The van der Waals surface area contributed by atoms with Crippen LogP contribution in [0.25, 0.3) is 10.8 Å². The van der Waals surface area contributed by atoms with Gasteiger partial charge in [0.25, 0.3) is 10.0 Å². The van der Waals surface area contributed by atoms with Crippen molar-refractivity contribution in [3.05, 3.63) is 71.2 Å². The van der Waals surface area contributed by atoms with Crippen LogP contribution in [0.1, 0.15) is 5.56 Å². The third kappa shape index (κ3) is 2.80. The maximum Gasteiger partial charge on any atom is 0.262 e. The standard InChI is InChI=1S/C17H14ClNO2S/c1-12-6-11-17(16-5-3-2-4-15(12)16)22(20,21)19-14-9-7-13(18)8-10-14/h2-11,19H,1H3. The first-order chi connectivity index (χ1) is 10.5. The first-order valence-electron chi connectivity index (χ1n) is 6.74. The topological polar surface area (TPSA) is 46.2 Å². The van der Waals surface area contributed by atoms with Crippen molar-refractivity contribution < 1.29 is 8.42 Å². The predicted molar refractivity (Wildman–Crippen MR) is 90.9 cm³/mol. The van der Waals surface area contributed by atoms with E-state index in [2.05, 4.69) is 4.72 Å². The number of nitrogens with one attached hydrogen (secondary N) is 1. The third-order valence-corrected chi connectivity index (χ3v) is 5.18. The lowest BCUT2D eigenvalue weighted by molar-refractivity contribution is 0.602. The van der Waals surface area contributed by atoms with Crippen LogP contribution in [0, 0.1) is 6.92 Å². The van der Waals surface area contributed by atoms with Crippen LogP contribution in [0.15, 0.2) is 65.6 Å². The Morgan fingerprint density at radius 1 is 0.864 bits per heavy atom. The summed E-state index contributed by atoms with van der Waals surface area (Å²) in [7, 11) is -3.66. The highest BCUT2D eigenvalue weighted by Crippen LogP contribution is 2.27. The lowest BCUT2D eigenvalue weighted by atomic mass is 10.1. The minimum atomic E-state index is -3.66. The van der Waals surface area contributed by atoms with E-state index in [1.165, 1.54) is 0 Å². The van der Waals surface area contributed by atoms with Gasteiger partial charge in [0.2, 0.25) is 0 Å². The summed E-state index contributed by atoms with van der Waals surface area (Å²) in [6, 6.07) is 17.5. The van der Waals surface area contributed by atoms with Gasteiger partial charge in [-0.15, -0.1) is 0 Å². The fourth-order valence-corrected chi connectivity index (χ4v) is 3.78. The summed E-state index contributed by atoms with van der Waals surface area (Å²) < 4.78 is 27.9. The Morgan fingerprint density at radius 2 is 1.50 bits per heavy atom. The Hall–Kier alpha value is -2.04. The molecule has 0 amide bonds. The van der Waals surface area contributed by atoms with Gasteiger partial charge in [0.05, 0.1) is 4.90 Å². The molecule has 112 valence electrons. The number of anilines is 1. The van der Waals surface area contributed by atoms with Crippen molar-refractivity contribution in [1.29, 1.82) is 0 Å². The fourth-order valence-electron chi connectivity index (χ4n) is 2.38. The fraction of sp³-hybridized carbons (Fsp3) is 0.0588. The second-order valence-electron chi connectivity index (χ2n) is 5.04. The highest BCUT2D eigenvalue weighted by Gasteiger charge is 2.18. The van der Waals surface area contributed by atoms with E-state index in [0.717, 1.165) is 10.9 Å². The Morgan fingerprint density at radius 3 is 2.18 bits per heavy atom. The monoisotopic (exact) mass is 331 g/mol. The molecular formula is C17H14ClNO2S. The van der Waals surface area contributed by atoms with Crippen LogP contribution in [0.3, 0.4) is 0 Å². The summed E-state index contributed by atoms with van der Waals surface area (Å²) >= 11 is 5.82. The van der Waals surface area contributed by atoms with Crippen LogP contribution in [0.4, 0.5) is 5.69 Å². The van der Waals surface area contributed by atoms with Crippen LogP contribution >= 0.6 is 11.6 Å². The van der Waals surface area contributed by atoms with Crippen LogP contribution in [0.2, 0.25) is 5.02 Å². The molecule has 0 aliphatic heterocycles. The predicted octanol–water partition coefficient (Wildman–Crippen LogP) is 4.60. The second kappa shape index (κ2) is 5.63. The van der Waals surface area contributed by atoms with E-state index in [4.69, 9.17) is 11.6 Å². The van der Waals surface area contributed by atoms with Crippen molar-refractivity contribution in [2.24, 2.45) is 0 Å². The zero-order valence-electron chi connectivity index (χ0n) is 11.9. The molecule has 3 aromatic rings. The molecule has 0 unspecified atom stereocenters. The largest absolute Gasteiger partial charge is 0.280 e. The summed E-state index contributed by atoms with van der Waals surface area (Å²) in [4.78, 5) is 0.267. The molecule has 0 atom stereocenters. The number of hydrogen-bond acceptors (Lipinski definition) is 2. The lowest BCUT2D eigenvalue weighted by Gasteiger charge is -2.12. The van der Waals surface area contributed by atoms with Gasteiger partial charge in [-0.25, -0.2) is 8.42 Å². The first kappa shape index (κ1) is 14.9. The number of sulfonamides is 1. The van der Waals surface area contributed by atoms with Gasteiger partial charge < -0.3 is 0 Å². The smallest absolute Gasteiger partial charge is 0.262 e. The van der Waals surface area contributed by atoms with Crippen LogP contribution in [0.5, 0.6) is 0 Å². The Balaban J connectivity index is 2.10. The molecule has 1 N–H and O–H groups in total. The second-order valence-corrected chi connectivity index (χ2v) is 7.13. The van der Waals surface area contributed by atoms with E-state index < -0.39 is 10.0 Å². The molecule has 0 heterocycles. The quantitative estimate of drug-likeness (QED) is 0.762. The van der Waals surface area contributed by atoms with Gasteiger partial charge in [-0.05, 0) is 48.2 Å². The first-order valence-corrected chi connectivity index (χ1v) is 8.60. The van der Waals surface area contributed by atoms with Gasteiger partial charge >= 0.3 is 0 Å². The van der Waals surface area contributed by atoms with Crippen molar-refractivity contribution in [2.75, 3.05) is 4.72 Å². The Kier molecular flexibility index (Phi) is 3.81. The summed E-state index contributed by atoms with van der Waals surface area (Å²) in [6.07, 6.45) is 0. The third-order valence-electron chi connectivity index (χ3n) is 3.49. The van der Waals surface area contributed by atoms with Crippen LogP contribution < -0.4 is 4.72 Å². The zero-order valence-corrected chi connectivity index (χ0v) is 13.4. The molecule has 5 heteroatoms. The Bertz CT molecular complexity index is 935. The van der Waals surface area contributed by atoms with Crippen LogP contribution in [-0.4, -0.2) is 8.42 Å². The van der Waals surface area contributed by atoms with Crippen molar-refractivity contribution in [3.63, 3.8) is 0 Å². The maximum atomic E-state index is 12.7. The van der Waals surface area contributed by atoms with Crippen LogP contribution in [-0.2, 0) is 10.0 Å². The average Bonchev–Trinajstić information content (AvgIpc) is 2.50. The van der Waals surface area contributed by atoms with E-state index in [1.807, 2.05) is 37.3 Å². The molecule has 0 saturated carbocycles. The highest BCUT2D eigenvalue weighted by molar-refractivity contribution is 7.93. The molecule has 0 bridgehead atoms. The number of hydrogen-bond donors (Lipinski definition) is 1. The summed E-state index contributed by atoms with van der Waals surface area (Å²) in [5, 5.41) is 2.20. The van der Waals surface area contributed by atoms with Gasteiger partial charge in [0.1, 0.15) is 0 Å². The number of fused-ring (bicyclic) bond motifs is 1. The van der Waals surface area contributed by atoms with E-state index >= 15 is 0 Å². The molecule has 0 aromatic heterocycles. The van der Waals surface area contributed by atoms with Crippen molar-refractivity contribution in [1.82, 2.24) is 0 Å². The summed E-state index contributed by atoms with van der Waals surface area (Å²) in [5.41, 5.74) is 1.52. The molecule has 22 heavy (non-hydrogen) atoms. The van der Waals surface area contributed by atoms with Crippen molar-refractivity contribution >= 4 is 38.1 Å². The van der Waals surface area contributed by atoms with E-state index in [1.54, 1.807) is 30.3 Å².